The van der Waals surface area contributed by atoms with Gasteiger partial charge in [-0.1, -0.05) is 0 Å². The van der Waals surface area contributed by atoms with Crippen molar-refractivity contribution in [3.8, 4) is 0 Å². The summed E-state index contributed by atoms with van der Waals surface area (Å²) in [6.07, 6.45) is 0.910. The van der Waals surface area contributed by atoms with Crippen LogP contribution in [0, 0.1) is 18.6 Å². The number of rotatable bonds is 2. The molecule has 0 aliphatic carbocycles. The fourth-order valence-corrected chi connectivity index (χ4v) is 3.26. The number of carbonyl (C=O) groups excluding carboxylic acids is 1. The summed E-state index contributed by atoms with van der Waals surface area (Å²) in [5.74, 6) is -1.73. The average molecular weight is 309 g/mol. The highest BCUT2D eigenvalue weighted by Gasteiger charge is 2.32. The lowest BCUT2D eigenvalue weighted by molar-refractivity contribution is 0.0768. The number of hydrogen-bond acceptors (Lipinski definition) is 3. The monoisotopic (exact) mass is 309 g/mol. The van der Waals surface area contributed by atoms with Gasteiger partial charge in [0.15, 0.2) is 0 Å². The van der Waals surface area contributed by atoms with Crippen molar-refractivity contribution in [1.29, 1.82) is 0 Å². The third-order valence-electron chi connectivity index (χ3n) is 4.60. The van der Waals surface area contributed by atoms with E-state index in [9.17, 15) is 13.6 Å². The molecule has 1 unspecified atom stereocenters. The van der Waals surface area contributed by atoms with Gasteiger partial charge in [-0.05, 0) is 25.0 Å². The highest BCUT2D eigenvalue weighted by atomic mass is 19.1. The molecule has 1 atom stereocenters. The molecule has 1 amide bonds. The fourth-order valence-electron chi connectivity index (χ4n) is 3.26. The van der Waals surface area contributed by atoms with Crippen molar-refractivity contribution in [3.05, 3.63) is 34.9 Å². The maximum absolute atomic E-state index is 13.9. The van der Waals surface area contributed by atoms with Gasteiger partial charge >= 0.3 is 0 Å². The van der Waals surface area contributed by atoms with E-state index in [1.54, 1.807) is 11.8 Å². The van der Waals surface area contributed by atoms with Crippen LogP contribution in [0.15, 0.2) is 12.1 Å². The minimum Gasteiger partial charge on any atom is -0.337 e. The molecule has 6 heteroatoms. The molecule has 0 aromatic heterocycles. The van der Waals surface area contributed by atoms with E-state index in [-0.39, 0.29) is 11.5 Å². The number of carbonyl (C=O) groups is 1. The minimum absolute atomic E-state index is 0.0279. The van der Waals surface area contributed by atoms with Gasteiger partial charge in [-0.3, -0.25) is 9.69 Å². The van der Waals surface area contributed by atoms with Crippen LogP contribution in [0.1, 0.15) is 22.3 Å². The summed E-state index contributed by atoms with van der Waals surface area (Å²) in [7, 11) is 0. The standard InChI is InChI=1S/C16H21F2N3O/c1-11-8-13(15(18)9-14(11)17)16(22)21-5-2-12(10-21)20-6-3-19-4-7-20/h8-9,12,19H,2-7,10H2,1H3. The van der Waals surface area contributed by atoms with Crippen LogP contribution in [-0.2, 0) is 0 Å². The molecule has 0 saturated carbocycles. The van der Waals surface area contributed by atoms with Gasteiger partial charge in [-0.15, -0.1) is 0 Å². The smallest absolute Gasteiger partial charge is 0.256 e. The predicted molar refractivity (Wildman–Crippen MR) is 79.8 cm³/mol. The van der Waals surface area contributed by atoms with Crippen LogP contribution in [0.3, 0.4) is 0 Å². The third-order valence-corrected chi connectivity index (χ3v) is 4.60. The van der Waals surface area contributed by atoms with E-state index in [1.165, 1.54) is 6.07 Å². The summed E-state index contributed by atoms with van der Waals surface area (Å²) in [6.45, 7) is 6.69. The van der Waals surface area contributed by atoms with E-state index in [0.29, 0.717) is 24.7 Å². The number of halogens is 2. The number of nitrogens with zero attached hydrogens (tertiary/aromatic N) is 2. The number of aryl methyl sites for hydroxylation is 1. The Morgan fingerprint density at radius 2 is 1.91 bits per heavy atom. The Kier molecular flexibility index (Phi) is 4.40. The molecule has 2 saturated heterocycles. The van der Waals surface area contributed by atoms with Gasteiger partial charge < -0.3 is 10.2 Å². The normalized spacial score (nSPS) is 23.0. The summed E-state index contributed by atoms with van der Waals surface area (Å²) in [6, 6.07) is 2.45. The van der Waals surface area contributed by atoms with E-state index in [1.807, 2.05) is 0 Å². The molecule has 0 spiro atoms. The quantitative estimate of drug-likeness (QED) is 0.897. The van der Waals surface area contributed by atoms with Gasteiger partial charge in [0, 0.05) is 51.4 Å². The maximum atomic E-state index is 13.9. The van der Waals surface area contributed by atoms with Crippen molar-refractivity contribution < 1.29 is 13.6 Å². The highest BCUT2D eigenvalue weighted by molar-refractivity contribution is 5.95. The van der Waals surface area contributed by atoms with Crippen LogP contribution in [-0.4, -0.2) is 61.0 Å². The Balaban J connectivity index is 1.70. The Bertz CT molecular complexity index is 573. The third kappa shape index (κ3) is 2.98. The molecule has 1 aromatic rings. The summed E-state index contributed by atoms with van der Waals surface area (Å²) < 4.78 is 27.2. The van der Waals surface area contributed by atoms with E-state index in [4.69, 9.17) is 0 Å². The second-order valence-electron chi connectivity index (χ2n) is 6.06. The lowest BCUT2D eigenvalue weighted by atomic mass is 10.1. The lowest BCUT2D eigenvalue weighted by Crippen LogP contribution is -2.49. The molecule has 0 bridgehead atoms. The maximum Gasteiger partial charge on any atom is 0.256 e. The zero-order valence-electron chi connectivity index (χ0n) is 12.7. The Morgan fingerprint density at radius 3 is 2.64 bits per heavy atom. The molecule has 2 aliphatic rings. The van der Waals surface area contributed by atoms with E-state index >= 15 is 0 Å². The number of amides is 1. The van der Waals surface area contributed by atoms with Gasteiger partial charge in [-0.2, -0.15) is 0 Å². The first-order chi connectivity index (χ1) is 10.6. The molecule has 0 radical (unpaired) electrons. The molecular weight excluding hydrogens is 288 g/mol. The summed E-state index contributed by atoms with van der Waals surface area (Å²) in [5.41, 5.74) is 0.266. The second-order valence-corrected chi connectivity index (χ2v) is 6.06. The van der Waals surface area contributed by atoms with Gasteiger partial charge in [0.05, 0.1) is 5.56 Å². The highest BCUT2D eigenvalue weighted by Crippen LogP contribution is 2.21. The molecule has 3 rings (SSSR count). The van der Waals surface area contributed by atoms with Crippen LogP contribution in [0.2, 0.25) is 0 Å². The van der Waals surface area contributed by atoms with Crippen molar-refractivity contribution in [2.24, 2.45) is 0 Å². The van der Waals surface area contributed by atoms with Crippen molar-refractivity contribution in [1.82, 2.24) is 15.1 Å². The van der Waals surface area contributed by atoms with E-state index in [2.05, 4.69) is 10.2 Å². The molecule has 1 N–H and O–H groups in total. The number of piperazine rings is 1. The first kappa shape index (κ1) is 15.4. The molecular formula is C16H21F2N3O. The van der Waals surface area contributed by atoms with Gasteiger partial charge in [-0.25, -0.2) is 8.78 Å². The number of hydrogen-bond donors (Lipinski definition) is 1. The molecule has 120 valence electrons. The van der Waals surface area contributed by atoms with Crippen LogP contribution in [0.4, 0.5) is 8.78 Å². The Morgan fingerprint density at radius 1 is 1.18 bits per heavy atom. The van der Waals surface area contributed by atoms with Gasteiger partial charge in [0.2, 0.25) is 0 Å². The summed E-state index contributed by atoms with van der Waals surface area (Å²) >= 11 is 0. The summed E-state index contributed by atoms with van der Waals surface area (Å²) in [5, 5.41) is 3.31. The zero-order chi connectivity index (χ0) is 15.7. The molecule has 22 heavy (non-hydrogen) atoms. The predicted octanol–water partition coefficient (Wildman–Crippen LogP) is 1.39. The SMILES string of the molecule is Cc1cc(C(=O)N2CCC(N3CCNCC3)C2)c(F)cc1F. The Hall–Kier alpha value is -1.53. The van der Waals surface area contributed by atoms with Crippen molar-refractivity contribution in [3.63, 3.8) is 0 Å². The Labute approximate surface area is 129 Å². The molecule has 2 fully saturated rings. The van der Waals surface area contributed by atoms with E-state index in [0.717, 1.165) is 38.7 Å². The summed E-state index contributed by atoms with van der Waals surface area (Å²) in [4.78, 5) is 16.6. The van der Waals surface area contributed by atoms with Crippen LogP contribution in [0.25, 0.3) is 0 Å². The fraction of sp³-hybridized carbons (Fsp3) is 0.562. The number of benzene rings is 1. The first-order valence-corrected chi connectivity index (χ1v) is 7.76. The lowest BCUT2D eigenvalue weighted by Gasteiger charge is -2.32. The van der Waals surface area contributed by atoms with Crippen molar-refractivity contribution in [2.45, 2.75) is 19.4 Å². The van der Waals surface area contributed by atoms with Crippen molar-refractivity contribution >= 4 is 5.91 Å². The molecule has 4 nitrogen and oxygen atoms in total. The minimum atomic E-state index is -0.779. The first-order valence-electron chi connectivity index (χ1n) is 7.76. The van der Waals surface area contributed by atoms with E-state index < -0.39 is 11.6 Å². The number of likely N-dealkylation sites (tertiary alicyclic amines) is 1. The topological polar surface area (TPSA) is 35.6 Å². The molecule has 1 aromatic carbocycles. The second kappa shape index (κ2) is 6.30. The van der Waals surface area contributed by atoms with Crippen LogP contribution < -0.4 is 5.32 Å². The van der Waals surface area contributed by atoms with Gasteiger partial charge in [0.25, 0.3) is 5.91 Å². The molecule has 2 aliphatic heterocycles. The van der Waals surface area contributed by atoms with Crippen LogP contribution in [0.5, 0.6) is 0 Å². The van der Waals surface area contributed by atoms with Crippen LogP contribution >= 0.6 is 0 Å². The van der Waals surface area contributed by atoms with Gasteiger partial charge in [0.1, 0.15) is 11.6 Å². The largest absolute Gasteiger partial charge is 0.337 e. The molecule has 2 heterocycles. The zero-order valence-corrected chi connectivity index (χ0v) is 12.7. The number of nitrogens with one attached hydrogen (secondary N) is 1. The average Bonchev–Trinajstić information content (AvgIpc) is 3.01. The van der Waals surface area contributed by atoms with Crippen molar-refractivity contribution in [2.75, 3.05) is 39.3 Å².